The molecule has 3 aromatic rings. The van der Waals surface area contributed by atoms with Crippen LogP contribution in [0.3, 0.4) is 0 Å². The fraction of sp³-hybridized carbons (Fsp3) is 0.346. The van der Waals surface area contributed by atoms with Crippen molar-refractivity contribution < 1.29 is 29.2 Å². The minimum absolute atomic E-state index is 0.00639. The third-order valence-corrected chi connectivity index (χ3v) is 7.18. The minimum Gasteiger partial charge on any atom is -0.496 e. The van der Waals surface area contributed by atoms with Crippen molar-refractivity contribution in [3.05, 3.63) is 48.7 Å². The van der Waals surface area contributed by atoms with Crippen LogP contribution in [0.2, 0.25) is 0 Å². The summed E-state index contributed by atoms with van der Waals surface area (Å²) < 4.78 is 23.5. The Labute approximate surface area is 254 Å². The fourth-order valence-electron chi connectivity index (χ4n) is 3.30. The summed E-state index contributed by atoms with van der Waals surface area (Å²) in [7, 11) is 3.19. The van der Waals surface area contributed by atoms with Crippen molar-refractivity contribution in [1.29, 1.82) is 5.26 Å². The number of nitriles is 1. The molecular formula is C26H31I2N5O6. The first-order chi connectivity index (χ1) is 18.6. The molecule has 0 saturated carbocycles. The smallest absolute Gasteiger partial charge is 0.222 e. The topological polar surface area (TPSA) is 179 Å². The van der Waals surface area contributed by atoms with Crippen LogP contribution in [0.4, 0.5) is 11.8 Å². The van der Waals surface area contributed by atoms with E-state index in [4.69, 9.17) is 35.7 Å². The molecule has 0 aliphatic heterocycles. The molecule has 0 radical (unpaired) electrons. The number of nitrogen functional groups attached to an aromatic ring is 2. The number of hydrogen-bond donors (Lipinski definition) is 4. The van der Waals surface area contributed by atoms with Crippen LogP contribution in [-0.4, -0.2) is 54.2 Å². The van der Waals surface area contributed by atoms with Crippen LogP contribution in [0, 0.1) is 18.5 Å². The van der Waals surface area contributed by atoms with Gasteiger partial charge < -0.3 is 40.6 Å². The van der Waals surface area contributed by atoms with E-state index >= 15 is 0 Å². The number of aliphatic hydroxyl groups excluding tert-OH is 2. The Balaban J connectivity index is 0.000000283. The highest BCUT2D eigenvalue weighted by atomic mass is 127. The van der Waals surface area contributed by atoms with Gasteiger partial charge in [-0.3, -0.25) is 0 Å². The highest BCUT2D eigenvalue weighted by Crippen LogP contribution is 2.38. The number of aromatic nitrogens is 2. The third kappa shape index (κ3) is 8.85. The molecule has 13 heteroatoms. The molecule has 6 N–H and O–H groups in total. The number of anilines is 2. The highest BCUT2D eigenvalue weighted by Gasteiger charge is 2.18. The largest absolute Gasteiger partial charge is 0.496 e. The average molecular weight is 763 g/mol. The molecule has 2 aromatic carbocycles. The van der Waals surface area contributed by atoms with Crippen LogP contribution in [-0.2, 0) is 0 Å². The number of rotatable bonds is 10. The molecule has 1 heterocycles. The fourth-order valence-corrected chi connectivity index (χ4v) is 4.62. The second kappa shape index (κ2) is 15.7. The van der Waals surface area contributed by atoms with E-state index in [0.717, 1.165) is 24.0 Å². The van der Waals surface area contributed by atoms with Crippen molar-refractivity contribution in [3.8, 4) is 34.8 Å². The molecule has 11 nitrogen and oxygen atoms in total. The monoisotopic (exact) mass is 763 g/mol. The van der Waals surface area contributed by atoms with Gasteiger partial charge in [-0.1, -0.05) is 13.8 Å². The number of ether oxygens (including phenoxy) is 4. The van der Waals surface area contributed by atoms with Crippen LogP contribution in [0.15, 0.2) is 30.5 Å². The van der Waals surface area contributed by atoms with Crippen molar-refractivity contribution >= 4 is 56.9 Å². The van der Waals surface area contributed by atoms with Crippen LogP contribution in [0.5, 0.6) is 28.7 Å². The molecule has 0 amide bonds. The maximum atomic E-state index is 9.44. The van der Waals surface area contributed by atoms with Crippen molar-refractivity contribution in [2.45, 2.75) is 25.7 Å². The van der Waals surface area contributed by atoms with Gasteiger partial charge in [0, 0.05) is 36.2 Å². The number of nitrogens with two attached hydrogens (primary N) is 2. The van der Waals surface area contributed by atoms with Gasteiger partial charge in [-0.05, 0) is 69.4 Å². The molecule has 210 valence electrons. The van der Waals surface area contributed by atoms with Gasteiger partial charge in [0.05, 0.1) is 27.6 Å². The first-order valence-corrected chi connectivity index (χ1v) is 13.8. The van der Waals surface area contributed by atoms with E-state index < -0.39 is 0 Å². The average Bonchev–Trinajstić information content (AvgIpc) is 2.93. The number of hydrogen-bond acceptors (Lipinski definition) is 11. The van der Waals surface area contributed by atoms with Gasteiger partial charge >= 0.3 is 0 Å². The van der Waals surface area contributed by atoms with E-state index in [9.17, 15) is 10.2 Å². The quantitative estimate of drug-likeness (QED) is 0.215. The number of aliphatic hydroxyl groups is 2. The lowest BCUT2D eigenvalue weighted by molar-refractivity contribution is 0.267. The summed E-state index contributed by atoms with van der Waals surface area (Å²) in [5.41, 5.74) is 12.9. The predicted molar refractivity (Wildman–Crippen MR) is 164 cm³/mol. The molecule has 1 aromatic heterocycles. The SMILES string of the molecule is COc1cc(C(C)CO)c(OCC#N)cc1I.COc1cc(C(C)CO)c(Oc2cnc(N)nc2N)cc1I. The molecule has 2 unspecified atom stereocenters. The molecule has 0 aliphatic carbocycles. The maximum absolute atomic E-state index is 9.44. The van der Waals surface area contributed by atoms with Crippen LogP contribution >= 0.6 is 45.2 Å². The van der Waals surface area contributed by atoms with Crippen LogP contribution < -0.4 is 30.4 Å². The van der Waals surface area contributed by atoms with E-state index in [-0.39, 0.29) is 43.4 Å². The Morgan fingerprint density at radius 2 is 1.38 bits per heavy atom. The molecule has 2 atom stereocenters. The van der Waals surface area contributed by atoms with Gasteiger partial charge in [-0.2, -0.15) is 10.2 Å². The van der Waals surface area contributed by atoms with E-state index in [1.165, 1.54) is 6.20 Å². The summed E-state index contributed by atoms with van der Waals surface area (Å²) in [6.45, 7) is 3.77. The zero-order valence-corrected chi connectivity index (χ0v) is 26.3. The lowest BCUT2D eigenvalue weighted by Crippen LogP contribution is -2.05. The zero-order chi connectivity index (χ0) is 29.1. The van der Waals surface area contributed by atoms with Crippen LogP contribution in [0.25, 0.3) is 0 Å². The normalized spacial score (nSPS) is 11.9. The van der Waals surface area contributed by atoms with E-state index in [1.54, 1.807) is 14.2 Å². The number of nitrogens with zero attached hydrogens (tertiary/aromatic N) is 3. The summed E-state index contributed by atoms with van der Waals surface area (Å²) >= 11 is 4.28. The first kappa shape index (κ1) is 32.4. The second-order valence-corrected chi connectivity index (χ2v) is 10.6. The molecule has 0 bridgehead atoms. The first-order valence-electron chi connectivity index (χ1n) is 11.6. The maximum Gasteiger partial charge on any atom is 0.222 e. The molecule has 0 aliphatic rings. The molecule has 0 fully saturated rings. The zero-order valence-electron chi connectivity index (χ0n) is 21.9. The number of halogens is 2. The van der Waals surface area contributed by atoms with E-state index in [1.807, 2.05) is 44.2 Å². The Morgan fingerprint density at radius 3 is 1.85 bits per heavy atom. The standard InChI is InChI=1S/C14H17IN4O3.C12H14INO3/c1-7(6-20)8-3-11(21-2)9(15)4-10(8)22-12-5-18-14(17)19-13(12)16;1-8(7-15)9-5-12(16-2)10(13)6-11(9)17-4-3-14/h3-5,7,20H,6H2,1-2H3,(H4,16,17,18,19);5-6,8,15H,4,7H2,1-2H3. The highest BCUT2D eigenvalue weighted by molar-refractivity contribution is 14.1. The predicted octanol–water partition coefficient (Wildman–Crippen LogP) is 4.44. The van der Waals surface area contributed by atoms with Crippen LogP contribution in [0.1, 0.15) is 36.8 Å². The Kier molecular flexibility index (Phi) is 13.0. The van der Waals surface area contributed by atoms with Gasteiger partial charge in [0.25, 0.3) is 0 Å². The summed E-state index contributed by atoms with van der Waals surface area (Å²) in [6.07, 6.45) is 1.42. The molecule has 0 spiro atoms. The third-order valence-electron chi connectivity index (χ3n) is 5.49. The van der Waals surface area contributed by atoms with Gasteiger partial charge in [0.15, 0.2) is 18.2 Å². The van der Waals surface area contributed by atoms with Crippen molar-refractivity contribution in [1.82, 2.24) is 9.97 Å². The number of benzene rings is 2. The minimum atomic E-state index is -0.128. The summed E-state index contributed by atoms with van der Waals surface area (Å²) in [5.74, 6) is 2.99. The van der Waals surface area contributed by atoms with E-state index in [2.05, 4.69) is 55.1 Å². The van der Waals surface area contributed by atoms with Crippen molar-refractivity contribution in [2.75, 3.05) is 45.5 Å². The molecule has 0 saturated heterocycles. The Bertz CT molecular complexity index is 1300. The molecule has 39 heavy (non-hydrogen) atoms. The van der Waals surface area contributed by atoms with Gasteiger partial charge in [0.1, 0.15) is 29.1 Å². The lowest BCUT2D eigenvalue weighted by atomic mass is 10.0. The van der Waals surface area contributed by atoms with Gasteiger partial charge in [-0.15, -0.1) is 0 Å². The van der Waals surface area contributed by atoms with Crippen molar-refractivity contribution in [2.24, 2.45) is 0 Å². The molecule has 3 rings (SSSR count). The second-order valence-electron chi connectivity index (χ2n) is 8.24. The summed E-state index contributed by atoms with van der Waals surface area (Å²) in [5, 5.41) is 27.2. The summed E-state index contributed by atoms with van der Waals surface area (Å²) in [6, 6.07) is 9.25. The summed E-state index contributed by atoms with van der Waals surface area (Å²) in [4.78, 5) is 7.74. The number of methoxy groups -OCH3 is 2. The van der Waals surface area contributed by atoms with Crippen molar-refractivity contribution in [3.63, 3.8) is 0 Å². The van der Waals surface area contributed by atoms with Gasteiger partial charge in [0.2, 0.25) is 5.95 Å². The Morgan fingerprint density at radius 1 is 0.872 bits per heavy atom. The van der Waals surface area contributed by atoms with Gasteiger partial charge in [-0.25, -0.2) is 4.98 Å². The van der Waals surface area contributed by atoms with E-state index in [0.29, 0.717) is 23.0 Å². The molecular weight excluding hydrogens is 732 g/mol. The Hall–Kier alpha value is -2.81. The lowest BCUT2D eigenvalue weighted by Gasteiger charge is -2.18.